The van der Waals surface area contributed by atoms with Gasteiger partial charge in [0.05, 0.1) is 0 Å². The Hall–Kier alpha value is -3.69. The van der Waals surface area contributed by atoms with Gasteiger partial charge in [0.15, 0.2) is 0 Å². The van der Waals surface area contributed by atoms with Crippen LogP contribution in [0.15, 0.2) is 42.5 Å². The molecule has 2 aromatic rings. The Morgan fingerprint density at radius 1 is 1.03 bits per heavy atom. The average Bonchev–Trinajstić information content (AvgIpc) is 3.00. The molecule has 10 heteroatoms. The highest BCUT2D eigenvalue weighted by Crippen LogP contribution is 2.19. The quantitative estimate of drug-likeness (QED) is 0.538. The number of hydrogen-bond donors (Lipinski definition) is 3. The standard InChI is InChI=1S/C21H26N2O8/c1-21(2,3)30-20(28)22-15(19(27)31-23-16(24)10-11-17(23)25)9-12-18(26)29-13-14-7-5-4-6-8-14/h4-8,10-11,15,24-25H,9,12-13H2,1-3H3,(H,22,28)/t15-/m0/s1. The summed E-state index contributed by atoms with van der Waals surface area (Å²) in [6.07, 6.45) is -1.26. The van der Waals surface area contributed by atoms with Crippen LogP contribution in [0, 0.1) is 0 Å². The molecule has 0 saturated heterocycles. The molecule has 0 spiro atoms. The SMILES string of the molecule is CC(C)(C)OC(=O)N[C@@H](CCC(=O)OCc1ccccc1)C(=O)On1c(O)ccc1O. The summed E-state index contributed by atoms with van der Waals surface area (Å²) in [6.45, 7) is 5.02. The molecule has 0 bridgehead atoms. The number of hydrogen-bond acceptors (Lipinski definition) is 8. The van der Waals surface area contributed by atoms with Gasteiger partial charge in [-0.15, -0.1) is 4.73 Å². The topological polar surface area (TPSA) is 136 Å². The van der Waals surface area contributed by atoms with Crippen molar-refractivity contribution in [2.45, 2.75) is 51.9 Å². The van der Waals surface area contributed by atoms with Gasteiger partial charge in [0.2, 0.25) is 11.8 Å². The first-order valence-electron chi connectivity index (χ1n) is 9.56. The molecule has 1 heterocycles. The lowest BCUT2D eigenvalue weighted by molar-refractivity contribution is -0.149. The highest BCUT2D eigenvalue weighted by atomic mass is 16.7. The van der Waals surface area contributed by atoms with Crippen LogP contribution in [0.2, 0.25) is 0 Å². The highest BCUT2D eigenvalue weighted by Gasteiger charge is 2.28. The summed E-state index contributed by atoms with van der Waals surface area (Å²) < 4.78 is 10.8. The monoisotopic (exact) mass is 434 g/mol. The number of aromatic hydroxyl groups is 2. The van der Waals surface area contributed by atoms with E-state index < -0.39 is 41.4 Å². The van der Waals surface area contributed by atoms with Gasteiger partial charge in [-0.25, -0.2) is 9.59 Å². The molecule has 0 aliphatic heterocycles. The van der Waals surface area contributed by atoms with Crippen LogP contribution in [0.4, 0.5) is 4.79 Å². The van der Waals surface area contributed by atoms with Crippen LogP contribution in [-0.4, -0.2) is 44.6 Å². The van der Waals surface area contributed by atoms with E-state index in [0.717, 1.165) is 17.7 Å². The van der Waals surface area contributed by atoms with Crippen molar-refractivity contribution in [3.8, 4) is 11.8 Å². The lowest BCUT2D eigenvalue weighted by Gasteiger charge is -2.22. The number of alkyl carbamates (subject to hydrolysis) is 1. The second-order valence-corrected chi connectivity index (χ2v) is 7.64. The van der Waals surface area contributed by atoms with Gasteiger partial charge in [-0.3, -0.25) is 4.79 Å². The first-order chi connectivity index (χ1) is 14.5. The summed E-state index contributed by atoms with van der Waals surface area (Å²) in [5, 5.41) is 21.6. The van der Waals surface area contributed by atoms with Crippen LogP contribution in [0.5, 0.6) is 11.8 Å². The lowest BCUT2D eigenvalue weighted by atomic mass is 10.1. The smallest absolute Gasteiger partial charge is 0.408 e. The number of aromatic nitrogens is 1. The minimum absolute atomic E-state index is 0.0688. The third kappa shape index (κ3) is 7.92. The van der Waals surface area contributed by atoms with E-state index in [1.165, 1.54) is 0 Å². The van der Waals surface area contributed by atoms with Gasteiger partial charge >= 0.3 is 18.0 Å². The van der Waals surface area contributed by atoms with E-state index in [4.69, 9.17) is 14.3 Å². The maximum Gasteiger partial charge on any atom is 0.408 e. The molecule has 0 aliphatic carbocycles. The van der Waals surface area contributed by atoms with Crippen LogP contribution >= 0.6 is 0 Å². The number of carbonyl (C=O) groups is 3. The summed E-state index contributed by atoms with van der Waals surface area (Å²) in [5.41, 5.74) is -0.0124. The highest BCUT2D eigenvalue weighted by molar-refractivity contribution is 5.82. The fourth-order valence-corrected chi connectivity index (χ4v) is 2.42. The summed E-state index contributed by atoms with van der Waals surface area (Å²) in [7, 11) is 0. The molecule has 1 amide bonds. The van der Waals surface area contributed by atoms with Crippen molar-refractivity contribution in [1.29, 1.82) is 0 Å². The summed E-state index contributed by atoms with van der Waals surface area (Å²) in [4.78, 5) is 41.6. The molecule has 31 heavy (non-hydrogen) atoms. The first-order valence-corrected chi connectivity index (χ1v) is 9.56. The zero-order valence-electron chi connectivity index (χ0n) is 17.5. The molecule has 2 rings (SSSR count). The van der Waals surface area contributed by atoms with E-state index >= 15 is 0 Å². The average molecular weight is 434 g/mol. The fraction of sp³-hybridized carbons (Fsp3) is 0.381. The Morgan fingerprint density at radius 2 is 1.65 bits per heavy atom. The van der Waals surface area contributed by atoms with E-state index in [2.05, 4.69) is 5.32 Å². The Morgan fingerprint density at radius 3 is 2.23 bits per heavy atom. The van der Waals surface area contributed by atoms with Gasteiger partial charge in [0, 0.05) is 18.6 Å². The second kappa shape index (κ2) is 10.4. The third-order valence-electron chi connectivity index (χ3n) is 3.83. The second-order valence-electron chi connectivity index (χ2n) is 7.64. The van der Waals surface area contributed by atoms with E-state index in [9.17, 15) is 24.6 Å². The van der Waals surface area contributed by atoms with Gasteiger partial charge < -0.3 is 29.8 Å². The molecule has 0 fully saturated rings. The molecular weight excluding hydrogens is 408 g/mol. The summed E-state index contributed by atoms with van der Waals surface area (Å²) in [5.74, 6) is -2.66. The number of nitrogens with one attached hydrogen (secondary N) is 1. The van der Waals surface area contributed by atoms with E-state index in [-0.39, 0.29) is 19.4 Å². The summed E-state index contributed by atoms with van der Waals surface area (Å²) in [6, 6.07) is 9.98. The van der Waals surface area contributed by atoms with Crippen molar-refractivity contribution in [3.05, 3.63) is 48.0 Å². The van der Waals surface area contributed by atoms with Gasteiger partial charge in [-0.05, 0) is 32.8 Å². The molecule has 0 unspecified atom stereocenters. The molecule has 3 N–H and O–H groups in total. The molecule has 0 saturated carbocycles. The van der Waals surface area contributed by atoms with Crippen molar-refractivity contribution in [2.75, 3.05) is 0 Å². The van der Waals surface area contributed by atoms with Crippen molar-refractivity contribution < 1.29 is 38.9 Å². The maximum atomic E-state index is 12.5. The van der Waals surface area contributed by atoms with Gasteiger partial charge in [0.1, 0.15) is 18.2 Å². The number of ether oxygens (including phenoxy) is 2. The number of carbonyl (C=O) groups excluding carboxylic acids is 3. The van der Waals surface area contributed by atoms with Crippen LogP contribution in [-0.2, 0) is 25.7 Å². The van der Waals surface area contributed by atoms with Crippen molar-refractivity contribution in [2.24, 2.45) is 0 Å². The van der Waals surface area contributed by atoms with Crippen LogP contribution in [0.3, 0.4) is 0 Å². The van der Waals surface area contributed by atoms with E-state index in [1.54, 1.807) is 32.9 Å². The normalized spacial score (nSPS) is 12.0. The third-order valence-corrected chi connectivity index (χ3v) is 3.83. The molecule has 168 valence electrons. The zero-order valence-corrected chi connectivity index (χ0v) is 17.5. The van der Waals surface area contributed by atoms with E-state index in [0.29, 0.717) is 4.73 Å². The number of benzene rings is 1. The maximum absolute atomic E-state index is 12.5. The minimum Gasteiger partial charge on any atom is -0.492 e. The minimum atomic E-state index is -1.31. The van der Waals surface area contributed by atoms with Crippen LogP contribution < -0.4 is 10.2 Å². The largest absolute Gasteiger partial charge is 0.492 e. The number of rotatable bonds is 8. The molecule has 0 aliphatic rings. The number of esters is 1. The molecule has 10 nitrogen and oxygen atoms in total. The molecule has 1 aromatic carbocycles. The van der Waals surface area contributed by atoms with Gasteiger partial charge in [0.25, 0.3) is 0 Å². The van der Waals surface area contributed by atoms with Crippen molar-refractivity contribution >= 4 is 18.0 Å². The Labute approximate surface area is 179 Å². The van der Waals surface area contributed by atoms with Crippen LogP contribution in [0.1, 0.15) is 39.2 Å². The molecular formula is C21H26N2O8. The molecule has 0 radical (unpaired) electrons. The van der Waals surface area contributed by atoms with Crippen molar-refractivity contribution in [3.63, 3.8) is 0 Å². The van der Waals surface area contributed by atoms with Gasteiger partial charge in [-0.1, -0.05) is 30.3 Å². The van der Waals surface area contributed by atoms with E-state index in [1.807, 2.05) is 18.2 Å². The van der Waals surface area contributed by atoms with Crippen LogP contribution in [0.25, 0.3) is 0 Å². The fourth-order valence-electron chi connectivity index (χ4n) is 2.42. The van der Waals surface area contributed by atoms with Gasteiger partial charge in [-0.2, -0.15) is 0 Å². The van der Waals surface area contributed by atoms with Crippen molar-refractivity contribution in [1.82, 2.24) is 10.0 Å². The predicted molar refractivity (Wildman–Crippen MR) is 108 cm³/mol. The first kappa shape index (κ1) is 23.6. The Balaban J connectivity index is 1.99. The Bertz CT molecular complexity index is 882. The summed E-state index contributed by atoms with van der Waals surface area (Å²) >= 11 is 0. The predicted octanol–water partition coefficient (Wildman–Crippen LogP) is 2.27. The molecule has 1 atom stereocenters. The number of amides is 1. The lowest BCUT2D eigenvalue weighted by Crippen LogP contribution is -2.46. The molecule has 1 aromatic heterocycles. The Kier molecular flexibility index (Phi) is 7.89. The number of nitrogens with zero attached hydrogens (tertiary/aromatic N) is 1. The zero-order chi connectivity index (χ0) is 23.0.